The van der Waals surface area contributed by atoms with Gasteiger partial charge in [-0.1, -0.05) is 12.1 Å². The van der Waals surface area contributed by atoms with E-state index in [1.165, 1.54) is 5.56 Å². The third kappa shape index (κ3) is 3.43. The molecular weight excluding hydrogens is 266 g/mol. The maximum absolute atomic E-state index is 11.7. The summed E-state index contributed by atoms with van der Waals surface area (Å²) in [5.74, 6) is 0.219. The van der Waals surface area contributed by atoms with Crippen LogP contribution in [0.4, 0.5) is 5.69 Å². The molecule has 1 aromatic rings. The van der Waals surface area contributed by atoms with E-state index in [9.17, 15) is 9.90 Å². The summed E-state index contributed by atoms with van der Waals surface area (Å²) in [5.41, 5.74) is 1.54. The van der Waals surface area contributed by atoms with Gasteiger partial charge in [-0.3, -0.25) is 4.79 Å². The van der Waals surface area contributed by atoms with E-state index in [0.717, 1.165) is 38.2 Å². The number of rotatable bonds is 5. The van der Waals surface area contributed by atoms with Crippen molar-refractivity contribution >= 4 is 11.6 Å². The highest BCUT2D eigenvalue weighted by Crippen LogP contribution is 2.21. The lowest BCUT2D eigenvalue weighted by Crippen LogP contribution is -2.42. The fraction of sp³-hybridized carbons (Fsp3) is 0.562. The predicted molar refractivity (Wildman–Crippen MR) is 82.2 cm³/mol. The first-order valence-electron chi connectivity index (χ1n) is 7.69. The summed E-state index contributed by atoms with van der Waals surface area (Å²) in [6, 6.07) is 8.11. The Labute approximate surface area is 125 Å². The van der Waals surface area contributed by atoms with Gasteiger partial charge in [-0.25, -0.2) is 0 Å². The summed E-state index contributed by atoms with van der Waals surface area (Å²) in [6.45, 7) is 3.71. The molecule has 21 heavy (non-hydrogen) atoms. The number of hydrogen-bond acceptors (Lipinski definition) is 4. The molecule has 5 nitrogen and oxygen atoms in total. The Morgan fingerprint density at radius 1 is 1.33 bits per heavy atom. The van der Waals surface area contributed by atoms with Gasteiger partial charge in [-0.2, -0.15) is 0 Å². The van der Waals surface area contributed by atoms with E-state index in [4.69, 9.17) is 0 Å². The minimum absolute atomic E-state index is 0.219. The van der Waals surface area contributed by atoms with Crippen LogP contribution in [0.25, 0.3) is 0 Å². The first-order valence-corrected chi connectivity index (χ1v) is 7.69. The first-order chi connectivity index (χ1) is 10.2. The highest BCUT2D eigenvalue weighted by atomic mass is 16.3. The number of β-amino-alcohol motifs (C(OH)–C–C–N with tert-alkyl or cyclic N) is 1. The molecule has 114 valence electrons. The number of nitrogens with zero attached hydrogens (tertiary/aromatic N) is 1. The number of aliphatic hydroxyl groups is 1. The highest BCUT2D eigenvalue weighted by Gasteiger charge is 2.30. The van der Waals surface area contributed by atoms with E-state index in [2.05, 4.69) is 10.6 Å². The number of benzene rings is 1. The van der Waals surface area contributed by atoms with Crippen molar-refractivity contribution in [2.75, 3.05) is 31.1 Å². The first kappa shape index (κ1) is 14.5. The van der Waals surface area contributed by atoms with Crippen molar-refractivity contribution in [1.29, 1.82) is 0 Å². The van der Waals surface area contributed by atoms with Gasteiger partial charge in [0.25, 0.3) is 0 Å². The molecule has 0 aliphatic carbocycles. The van der Waals surface area contributed by atoms with Crippen LogP contribution in [0, 0.1) is 0 Å². The van der Waals surface area contributed by atoms with E-state index in [1.807, 2.05) is 29.2 Å². The van der Waals surface area contributed by atoms with Crippen LogP contribution in [0.1, 0.15) is 24.8 Å². The Bertz CT molecular complexity index is 495. The molecule has 3 N–H and O–H groups in total. The number of nitrogens with one attached hydrogen (secondary N) is 2. The zero-order valence-corrected chi connectivity index (χ0v) is 12.3. The van der Waals surface area contributed by atoms with Gasteiger partial charge in [0, 0.05) is 38.3 Å². The van der Waals surface area contributed by atoms with Gasteiger partial charge in [-0.05, 0) is 37.1 Å². The van der Waals surface area contributed by atoms with Crippen molar-refractivity contribution in [2.45, 2.75) is 31.4 Å². The third-order valence-electron chi connectivity index (χ3n) is 4.33. The molecule has 0 spiro atoms. The molecule has 1 atom stereocenters. The molecule has 0 unspecified atom stereocenters. The second kappa shape index (κ2) is 6.13. The molecule has 0 aromatic heterocycles. The zero-order valence-electron chi connectivity index (χ0n) is 12.3. The monoisotopic (exact) mass is 289 g/mol. The average molecular weight is 289 g/mol. The summed E-state index contributed by atoms with van der Waals surface area (Å²) >= 11 is 0. The standard InChI is InChI=1S/C16H23N3O2/c20-15-2-1-9-19(15)14-5-3-13(4-6-14)10-18-12-16(21)7-8-17-11-16/h3-6,17-18,21H,1-2,7-12H2/t16-/m0/s1. The van der Waals surface area contributed by atoms with E-state index < -0.39 is 5.60 Å². The largest absolute Gasteiger partial charge is 0.387 e. The fourth-order valence-corrected chi connectivity index (χ4v) is 3.04. The molecule has 1 amide bonds. The van der Waals surface area contributed by atoms with Gasteiger partial charge in [-0.15, -0.1) is 0 Å². The minimum atomic E-state index is -0.609. The molecule has 2 heterocycles. The number of carbonyl (C=O) groups excluding carboxylic acids is 1. The van der Waals surface area contributed by atoms with Crippen LogP contribution in [0.5, 0.6) is 0 Å². The predicted octanol–water partition coefficient (Wildman–Crippen LogP) is 0.627. The Morgan fingerprint density at radius 2 is 2.14 bits per heavy atom. The summed E-state index contributed by atoms with van der Waals surface area (Å²) in [5, 5.41) is 16.7. The van der Waals surface area contributed by atoms with E-state index in [1.54, 1.807) is 0 Å². The number of amides is 1. The second-order valence-corrected chi connectivity index (χ2v) is 6.07. The van der Waals surface area contributed by atoms with Gasteiger partial charge in [0.1, 0.15) is 0 Å². The van der Waals surface area contributed by atoms with Gasteiger partial charge < -0.3 is 20.6 Å². The van der Waals surface area contributed by atoms with Crippen LogP contribution in [-0.4, -0.2) is 42.8 Å². The normalized spacial score (nSPS) is 25.8. The van der Waals surface area contributed by atoms with Crippen molar-refractivity contribution < 1.29 is 9.90 Å². The van der Waals surface area contributed by atoms with Crippen molar-refractivity contribution in [3.63, 3.8) is 0 Å². The van der Waals surface area contributed by atoms with Gasteiger partial charge in [0.15, 0.2) is 0 Å². The average Bonchev–Trinajstić information content (AvgIpc) is 3.09. The Hall–Kier alpha value is -1.43. The Morgan fingerprint density at radius 3 is 2.76 bits per heavy atom. The number of hydrogen-bond donors (Lipinski definition) is 3. The third-order valence-corrected chi connectivity index (χ3v) is 4.33. The topological polar surface area (TPSA) is 64.6 Å². The Balaban J connectivity index is 1.51. The molecule has 0 radical (unpaired) electrons. The summed E-state index contributed by atoms with van der Waals surface area (Å²) in [4.78, 5) is 13.5. The molecule has 3 rings (SSSR count). The lowest BCUT2D eigenvalue weighted by atomic mass is 10.0. The SMILES string of the molecule is O=C1CCCN1c1ccc(CNC[C@]2(O)CCNC2)cc1. The number of anilines is 1. The molecule has 2 fully saturated rings. The summed E-state index contributed by atoms with van der Waals surface area (Å²) in [7, 11) is 0. The maximum atomic E-state index is 11.7. The molecule has 2 aliphatic rings. The molecule has 0 bridgehead atoms. The Kier molecular flexibility index (Phi) is 4.24. The quantitative estimate of drug-likeness (QED) is 0.744. The smallest absolute Gasteiger partial charge is 0.227 e. The van der Waals surface area contributed by atoms with Crippen LogP contribution in [-0.2, 0) is 11.3 Å². The summed E-state index contributed by atoms with van der Waals surface area (Å²) in [6.07, 6.45) is 2.42. The van der Waals surface area contributed by atoms with Crippen molar-refractivity contribution in [3.05, 3.63) is 29.8 Å². The van der Waals surface area contributed by atoms with Gasteiger partial charge in [0.2, 0.25) is 5.91 Å². The minimum Gasteiger partial charge on any atom is -0.387 e. The van der Waals surface area contributed by atoms with Crippen LogP contribution >= 0.6 is 0 Å². The zero-order chi connectivity index (χ0) is 14.7. The second-order valence-electron chi connectivity index (χ2n) is 6.07. The van der Waals surface area contributed by atoms with Gasteiger partial charge in [0.05, 0.1) is 5.60 Å². The highest BCUT2D eigenvalue weighted by molar-refractivity contribution is 5.95. The van der Waals surface area contributed by atoms with E-state index in [-0.39, 0.29) is 5.91 Å². The van der Waals surface area contributed by atoms with Crippen LogP contribution in [0.3, 0.4) is 0 Å². The molecule has 2 aliphatic heterocycles. The van der Waals surface area contributed by atoms with Crippen LogP contribution in [0.2, 0.25) is 0 Å². The molecule has 1 aromatic carbocycles. The lowest BCUT2D eigenvalue weighted by molar-refractivity contribution is -0.117. The molecular formula is C16H23N3O2. The van der Waals surface area contributed by atoms with E-state index in [0.29, 0.717) is 19.5 Å². The van der Waals surface area contributed by atoms with Crippen LogP contribution < -0.4 is 15.5 Å². The maximum Gasteiger partial charge on any atom is 0.227 e. The fourth-order valence-electron chi connectivity index (χ4n) is 3.04. The van der Waals surface area contributed by atoms with Crippen molar-refractivity contribution in [1.82, 2.24) is 10.6 Å². The molecule has 5 heteroatoms. The molecule has 2 saturated heterocycles. The lowest BCUT2D eigenvalue weighted by Gasteiger charge is -2.21. The number of carbonyl (C=O) groups is 1. The molecule has 0 saturated carbocycles. The van der Waals surface area contributed by atoms with Crippen LogP contribution in [0.15, 0.2) is 24.3 Å². The van der Waals surface area contributed by atoms with E-state index >= 15 is 0 Å². The summed E-state index contributed by atoms with van der Waals surface area (Å²) < 4.78 is 0. The van der Waals surface area contributed by atoms with Crippen molar-refractivity contribution in [3.8, 4) is 0 Å². The van der Waals surface area contributed by atoms with Gasteiger partial charge >= 0.3 is 0 Å². The van der Waals surface area contributed by atoms with Crippen molar-refractivity contribution in [2.24, 2.45) is 0 Å².